The molecule has 0 saturated heterocycles. The molecule has 0 saturated carbocycles. The molecule has 0 aromatic heterocycles. The van der Waals surface area contributed by atoms with Crippen molar-refractivity contribution in [3.05, 3.63) is 36.5 Å². The molecule has 0 rings (SSSR count). The summed E-state index contributed by atoms with van der Waals surface area (Å²) in [5, 5.41) is 14.0. The molecular weight excluding hydrogens is 1010 g/mol. The molecule has 3 N–H and O–H groups in total. The molecule has 8 nitrogen and oxygen atoms in total. The number of allylic oxidation sites excluding steroid dienone is 5. The Kier molecular flexibility index (Phi) is 61.3. The van der Waals surface area contributed by atoms with Crippen LogP contribution in [0.3, 0.4) is 0 Å². The number of rotatable bonds is 66. The molecular formula is C71H140N2O6P+. The minimum atomic E-state index is -4.35. The number of unbranched alkanes of at least 4 members (excludes halogenated alkanes) is 49. The highest BCUT2D eigenvalue weighted by Crippen LogP contribution is 2.43. The summed E-state index contributed by atoms with van der Waals surface area (Å²) >= 11 is 0. The first-order chi connectivity index (χ1) is 39.0. The molecule has 1 amide bonds. The summed E-state index contributed by atoms with van der Waals surface area (Å²) in [4.78, 5) is 23.4. The van der Waals surface area contributed by atoms with E-state index in [0.717, 1.165) is 38.5 Å². The third-order valence-electron chi connectivity index (χ3n) is 16.4. The number of likely N-dealkylation sites (N-methyl/N-ethyl adjacent to an activating group) is 1. The smallest absolute Gasteiger partial charge is 0.387 e. The number of amides is 1. The van der Waals surface area contributed by atoms with Crippen LogP contribution in [0.25, 0.3) is 0 Å². The van der Waals surface area contributed by atoms with Crippen molar-refractivity contribution >= 4 is 13.7 Å². The Hall–Kier alpha value is -1.28. The average Bonchev–Trinajstić information content (AvgIpc) is 3.42. The van der Waals surface area contributed by atoms with Crippen molar-refractivity contribution in [1.29, 1.82) is 0 Å². The Bertz CT molecular complexity index is 1400. The monoisotopic (exact) mass is 1150 g/mol. The quantitative estimate of drug-likeness (QED) is 0.0243. The van der Waals surface area contributed by atoms with Crippen molar-refractivity contribution in [2.75, 3.05) is 40.9 Å². The van der Waals surface area contributed by atoms with E-state index in [1.165, 1.54) is 302 Å². The van der Waals surface area contributed by atoms with E-state index in [0.29, 0.717) is 17.4 Å². The Balaban J connectivity index is 4.04. The summed E-state index contributed by atoms with van der Waals surface area (Å²) in [7, 11) is 1.59. The van der Waals surface area contributed by atoms with Gasteiger partial charge in [0.2, 0.25) is 5.91 Å². The van der Waals surface area contributed by atoms with Crippen molar-refractivity contribution in [3.8, 4) is 0 Å². The number of hydrogen-bond acceptors (Lipinski definition) is 5. The molecule has 0 aliphatic carbocycles. The lowest BCUT2D eigenvalue weighted by molar-refractivity contribution is -0.870. The molecule has 3 atom stereocenters. The summed E-state index contributed by atoms with van der Waals surface area (Å²) < 4.78 is 23.8. The number of phosphoric ester groups is 1. The van der Waals surface area contributed by atoms with Crippen molar-refractivity contribution in [3.63, 3.8) is 0 Å². The third kappa shape index (κ3) is 64.3. The molecule has 0 radical (unpaired) electrons. The van der Waals surface area contributed by atoms with Crippen LogP contribution in [0, 0.1) is 0 Å². The van der Waals surface area contributed by atoms with Gasteiger partial charge in [0.1, 0.15) is 13.2 Å². The number of nitrogens with one attached hydrogen (secondary N) is 1. The highest BCUT2D eigenvalue weighted by atomic mass is 31.2. The molecule has 80 heavy (non-hydrogen) atoms. The van der Waals surface area contributed by atoms with E-state index in [4.69, 9.17) is 9.05 Å². The molecule has 0 aromatic carbocycles. The Morgan fingerprint density at radius 2 is 0.713 bits per heavy atom. The first-order valence-electron chi connectivity index (χ1n) is 35.4. The maximum atomic E-state index is 13.1. The van der Waals surface area contributed by atoms with E-state index in [1.807, 2.05) is 27.2 Å². The van der Waals surface area contributed by atoms with Gasteiger partial charge in [0, 0.05) is 6.42 Å². The van der Waals surface area contributed by atoms with Crippen LogP contribution >= 0.6 is 7.82 Å². The van der Waals surface area contributed by atoms with Gasteiger partial charge in [0.25, 0.3) is 0 Å². The fourth-order valence-electron chi connectivity index (χ4n) is 10.8. The summed E-state index contributed by atoms with van der Waals surface area (Å²) in [5.74, 6) is -0.170. The largest absolute Gasteiger partial charge is 0.472 e. The second kappa shape index (κ2) is 62.3. The molecule has 0 aromatic rings. The minimum absolute atomic E-state index is 0.0636. The van der Waals surface area contributed by atoms with Crippen LogP contribution in [0.4, 0.5) is 0 Å². The van der Waals surface area contributed by atoms with Crippen molar-refractivity contribution < 1.29 is 32.9 Å². The number of nitrogens with zero attached hydrogens (tertiary/aromatic N) is 1. The zero-order chi connectivity index (χ0) is 58.4. The fourth-order valence-corrected chi connectivity index (χ4v) is 11.6. The molecule has 0 bridgehead atoms. The Labute approximate surface area is 499 Å². The van der Waals surface area contributed by atoms with Crippen molar-refractivity contribution in [1.82, 2.24) is 5.32 Å². The van der Waals surface area contributed by atoms with Crippen LogP contribution in [0.5, 0.6) is 0 Å². The van der Waals surface area contributed by atoms with Gasteiger partial charge in [0.15, 0.2) is 0 Å². The lowest BCUT2D eigenvalue weighted by Gasteiger charge is -2.25. The average molecular weight is 1150 g/mol. The minimum Gasteiger partial charge on any atom is -0.387 e. The van der Waals surface area contributed by atoms with Crippen LogP contribution in [-0.2, 0) is 18.4 Å². The van der Waals surface area contributed by atoms with Gasteiger partial charge in [-0.05, 0) is 51.4 Å². The van der Waals surface area contributed by atoms with Crippen LogP contribution in [-0.4, -0.2) is 73.4 Å². The summed E-state index contributed by atoms with van der Waals surface area (Å²) in [6.07, 6.45) is 82.9. The first kappa shape index (κ1) is 78.7. The molecule has 0 heterocycles. The van der Waals surface area contributed by atoms with Crippen molar-refractivity contribution in [2.24, 2.45) is 0 Å². The second-order valence-electron chi connectivity index (χ2n) is 25.6. The maximum absolute atomic E-state index is 13.1. The lowest BCUT2D eigenvalue weighted by atomic mass is 10.0. The number of hydrogen-bond donors (Lipinski definition) is 3. The van der Waals surface area contributed by atoms with Gasteiger partial charge in [-0.3, -0.25) is 13.8 Å². The molecule has 9 heteroatoms. The number of aliphatic hydroxyl groups is 1. The van der Waals surface area contributed by atoms with E-state index < -0.39 is 20.0 Å². The standard InChI is InChI=1S/C71H139N2O6P/c1-6-8-10-12-14-16-18-20-22-24-26-28-30-32-34-35-36-37-39-41-43-45-47-49-51-53-55-57-59-61-63-65-71(75)72-69(68-79-80(76,77)78-67-66-73(3,4)5)70(74)64-62-60-58-56-54-52-50-48-46-44-42-40-38-33-31-29-27-25-23-21-19-17-15-13-11-9-7-2/h18,20,24,26,62,64,69-70,74H,6-17,19,21-23,25,27-61,63,65-68H2,1-5H3,(H-,72,75,76,77)/p+1/b20-18-,26-24-,64-62+. The predicted octanol–water partition coefficient (Wildman–Crippen LogP) is 22.4. The van der Waals surface area contributed by atoms with E-state index in [2.05, 4.69) is 43.5 Å². The molecule has 3 unspecified atom stereocenters. The van der Waals surface area contributed by atoms with Crippen LogP contribution in [0.2, 0.25) is 0 Å². The topological polar surface area (TPSA) is 105 Å². The van der Waals surface area contributed by atoms with E-state index in [-0.39, 0.29) is 19.1 Å². The number of aliphatic hydroxyl groups excluding tert-OH is 1. The maximum Gasteiger partial charge on any atom is 0.472 e. The van der Waals surface area contributed by atoms with Gasteiger partial charge in [-0.1, -0.05) is 339 Å². The number of carbonyl (C=O) groups excluding carboxylic acids is 1. The van der Waals surface area contributed by atoms with Gasteiger partial charge >= 0.3 is 7.82 Å². The normalized spacial score (nSPS) is 13.8. The van der Waals surface area contributed by atoms with Crippen LogP contribution in [0.15, 0.2) is 36.5 Å². The van der Waals surface area contributed by atoms with Gasteiger partial charge in [-0.25, -0.2) is 4.57 Å². The number of carbonyl (C=O) groups is 1. The molecule has 0 aliphatic rings. The van der Waals surface area contributed by atoms with Crippen molar-refractivity contribution in [2.45, 2.75) is 373 Å². The second-order valence-corrected chi connectivity index (χ2v) is 27.1. The Morgan fingerprint density at radius 1 is 0.425 bits per heavy atom. The van der Waals surface area contributed by atoms with Gasteiger partial charge in [-0.15, -0.1) is 0 Å². The zero-order valence-electron chi connectivity index (χ0n) is 54.3. The van der Waals surface area contributed by atoms with Crippen LogP contribution < -0.4 is 5.32 Å². The lowest BCUT2D eigenvalue weighted by Crippen LogP contribution is -2.45. The van der Waals surface area contributed by atoms with Crippen LogP contribution in [0.1, 0.15) is 361 Å². The summed E-state index contributed by atoms with van der Waals surface area (Å²) in [6.45, 7) is 4.86. The Morgan fingerprint density at radius 3 is 1.02 bits per heavy atom. The molecule has 474 valence electrons. The summed E-state index contributed by atoms with van der Waals surface area (Å²) in [6, 6.07) is -0.847. The van der Waals surface area contributed by atoms with E-state index in [1.54, 1.807) is 6.08 Å². The molecule has 0 fully saturated rings. The zero-order valence-corrected chi connectivity index (χ0v) is 55.2. The van der Waals surface area contributed by atoms with Gasteiger partial charge in [-0.2, -0.15) is 0 Å². The fraction of sp³-hybridized carbons (Fsp3) is 0.901. The highest BCUT2D eigenvalue weighted by molar-refractivity contribution is 7.47. The molecule has 0 aliphatic heterocycles. The van der Waals surface area contributed by atoms with Gasteiger partial charge < -0.3 is 19.8 Å². The van der Waals surface area contributed by atoms with Gasteiger partial charge in [0.05, 0.1) is 39.9 Å². The number of quaternary nitrogens is 1. The van der Waals surface area contributed by atoms with E-state index >= 15 is 0 Å². The molecule has 0 spiro atoms. The highest BCUT2D eigenvalue weighted by Gasteiger charge is 2.28. The SMILES string of the molecule is CCCCCCC/C=C\C/C=C\CCCCCCCCCCCCCCCCCCCCCC(=O)NC(COP(=O)(O)OCC[N+](C)(C)C)C(O)/C=C/CCCCCCCCCCCCCCCCCCCCCCCCCCC. The third-order valence-corrected chi connectivity index (χ3v) is 17.3. The number of phosphoric acid groups is 1. The summed E-state index contributed by atoms with van der Waals surface area (Å²) in [5.41, 5.74) is 0. The predicted molar refractivity (Wildman–Crippen MR) is 351 cm³/mol. The van der Waals surface area contributed by atoms with E-state index in [9.17, 15) is 19.4 Å². The first-order valence-corrected chi connectivity index (χ1v) is 36.9.